The number of halogens is 6. The Kier molecular flexibility index (Phi) is 12.0. The average molecular weight is 917 g/mol. The first kappa shape index (κ1) is 44.0. The van der Waals surface area contributed by atoms with Crippen LogP contribution in [0.15, 0.2) is 72.9 Å². The summed E-state index contributed by atoms with van der Waals surface area (Å²) in [5, 5.41) is -0.418. The Morgan fingerprint density at radius 3 is 2.31 bits per heavy atom. The molecule has 0 radical (unpaired) electrons. The van der Waals surface area contributed by atoms with Gasteiger partial charge in [-0.1, -0.05) is 41.9 Å². The Bertz CT molecular complexity index is 2680. The molecule has 0 unspecified atom stereocenters. The van der Waals surface area contributed by atoms with E-state index >= 15 is 17.6 Å². The molecule has 0 spiro atoms. The largest absolute Gasteiger partial charge is 0.497 e. The number of anilines is 3. The monoisotopic (exact) mass is 916 g/mol. The van der Waals surface area contributed by atoms with E-state index in [0.29, 0.717) is 30.0 Å². The third-order valence-electron chi connectivity index (χ3n) is 12.5. The minimum absolute atomic E-state index is 0.0125. The van der Waals surface area contributed by atoms with Crippen molar-refractivity contribution in [2.24, 2.45) is 0 Å². The molecule has 0 saturated carbocycles. The molecule has 0 aliphatic carbocycles. The lowest BCUT2D eigenvalue weighted by atomic mass is 9.95. The minimum atomic E-state index is -5.00. The maximum absolute atomic E-state index is 17.9. The highest BCUT2D eigenvalue weighted by Gasteiger charge is 2.49. The molecule has 9 rings (SSSR count). The van der Waals surface area contributed by atoms with E-state index < -0.39 is 51.1 Å². The number of hydrogen-bond acceptors (Lipinski definition) is 12. The van der Waals surface area contributed by atoms with Gasteiger partial charge in [0.2, 0.25) is 0 Å². The fraction of sp³-hybridized carbons (Fsp3) is 0.362. The molecule has 3 aliphatic heterocycles. The topological polar surface area (TPSA) is 124 Å². The predicted molar refractivity (Wildman–Crippen MR) is 237 cm³/mol. The van der Waals surface area contributed by atoms with Crippen LogP contribution in [0, 0.1) is 12.7 Å². The Hall–Kier alpha value is -6.20. The number of pyridine rings is 2. The molecular weight excluding hydrogens is 871 g/mol. The number of alkyl halides is 4. The number of nitrogen functional groups attached to an aromatic ring is 1. The van der Waals surface area contributed by atoms with E-state index in [1.807, 2.05) is 24.3 Å². The van der Waals surface area contributed by atoms with Crippen LogP contribution in [0.1, 0.15) is 47.1 Å². The number of hydrogen-bond donors (Lipinski definition) is 1. The summed E-state index contributed by atoms with van der Waals surface area (Å²) in [6, 6.07) is 19.1. The Morgan fingerprint density at radius 1 is 0.969 bits per heavy atom. The number of nitrogens with zero attached hydrogens (tertiary/aromatic N) is 7. The second-order valence-corrected chi connectivity index (χ2v) is 17.0. The summed E-state index contributed by atoms with van der Waals surface area (Å²) < 4.78 is 102. The fourth-order valence-corrected chi connectivity index (χ4v) is 9.63. The summed E-state index contributed by atoms with van der Waals surface area (Å²) in [6.07, 6.45) is -2.71. The van der Waals surface area contributed by atoms with Crippen molar-refractivity contribution in [1.82, 2.24) is 24.8 Å². The lowest BCUT2D eigenvalue weighted by Gasteiger charge is -2.31. The summed E-state index contributed by atoms with van der Waals surface area (Å²) >= 11 is 7.14. The molecule has 2 fully saturated rings. The van der Waals surface area contributed by atoms with Crippen LogP contribution in [0.25, 0.3) is 22.2 Å². The van der Waals surface area contributed by atoms with Gasteiger partial charge in [0.05, 0.1) is 53.5 Å². The number of aryl methyl sites for hydroxylation is 1. The van der Waals surface area contributed by atoms with Crippen LogP contribution in [-0.4, -0.2) is 83.6 Å². The van der Waals surface area contributed by atoms with Crippen LogP contribution in [0.3, 0.4) is 0 Å². The average Bonchev–Trinajstić information content (AvgIpc) is 3.75. The molecule has 0 bridgehead atoms. The smallest absolute Gasteiger partial charge is 0.418 e. The second kappa shape index (κ2) is 17.6. The highest BCUT2D eigenvalue weighted by atomic mass is 35.5. The second-order valence-electron chi connectivity index (χ2n) is 16.6. The molecule has 18 heteroatoms. The quantitative estimate of drug-likeness (QED) is 0.111. The van der Waals surface area contributed by atoms with Gasteiger partial charge in [-0.3, -0.25) is 4.90 Å². The van der Waals surface area contributed by atoms with Crippen molar-refractivity contribution in [3.63, 3.8) is 0 Å². The third kappa shape index (κ3) is 8.58. The van der Waals surface area contributed by atoms with Crippen LogP contribution >= 0.6 is 11.6 Å². The van der Waals surface area contributed by atoms with Crippen LogP contribution < -0.4 is 34.5 Å². The van der Waals surface area contributed by atoms with Crippen LogP contribution in [0.5, 0.6) is 23.3 Å². The standard InChI is InChI=1S/C47H46ClF5N8O4/c1-27-20-34(60(22-28-7-11-32(62-2)12-8-28)23-29-9-13-33(63-3)14-10-29)56-40(37(27)47(51,52)53)35-38(48)42-36-41(39(35)50)57-45(65-26-46-15-5-17-61(46)25-31(49)21-46)58-44(36)59(18-19-64-42)24-30-6-4-16-55-43(30)54/h4,6-14,16,20,31H,5,15,17-19,21-26H2,1-3H3,(H2,54,55)/t31-,46+/m1/s1. The zero-order valence-corrected chi connectivity index (χ0v) is 36.6. The van der Waals surface area contributed by atoms with E-state index in [1.54, 1.807) is 66.6 Å². The summed E-state index contributed by atoms with van der Waals surface area (Å²) in [5.74, 6) is 0.478. The van der Waals surface area contributed by atoms with Crippen molar-refractivity contribution in [2.75, 3.05) is 62.6 Å². The van der Waals surface area contributed by atoms with Crippen molar-refractivity contribution < 1.29 is 40.9 Å². The minimum Gasteiger partial charge on any atom is -0.497 e. The van der Waals surface area contributed by atoms with Crippen molar-refractivity contribution in [3.8, 4) is 34.5 Å². The molecule has 3 aromatic carbocycles. The van der Waals surface area contributed by atoms with Gasteiger partial charge in [-0.05, 0) is 79.4 Å². The number of methoxy groups -OCH3 is 2. The van der Waals surface area contributed by atoms with Gasteiger partial charge in [0, 0.05) is 44.4 Å². The molecular formula is C47H46ClF5N8O4. The first-order chi connectivity index (χ1) is 31.2. The molecule has 3 aromatic heterocycles. The molecule has 0 amide bonds. The van der Waals surface area contributed by atoms with E-state index in [-0.39, 0.29) is 92.5 Å². The van der Waals surface area contributed by atoms with Gasteiger partial charge in [0.15, 0.2) is 11.6 Å². The Morgan fingerprint density at radius 2 is 1.66 bits per heavy atom. The summed E-state index contributed by atoms with van der Waals surface area (Å²) in [7, 11) is 3.10. The van der Waals surface area contributed by atoms with E-state index in [0.717, 1.165) is 17.5 Å². The number of benzene rings is 3. The van der Waals surface area contributed by atoms with Gasteiger partial charge in [-0.15, -0.1) is 0 Å². The molecule has 12 nitrogen and oxygen atoms in total. The lowest BCUT2D eigenvalue weighted by molar-refractivity contribution is -0.137. The molecule has 6 aromatic rings. The van der Waals surface area contributed by atoms with Crippen molar-refractivity contribution in [2.45, 2.75) is 63.7 Å². The first-order valence-corrected chi connectivity index (χ1v) is 21.5. The highest BCUT2D eigenvalue weighted by Crippen LogP contribution is 2.51. The van der Waals surface area contributed by atoms with Crippen LogP contribution in [0.2, 0.25) is 5.02 Å². The van der Waals surface area contributed by atoms with E-state index in [2.05, 4.69) is 19.9 Å². The van der Waals surface area contributed by atoms with Gasteiger partial charge in [-0.25, -0.2) is 18.7 Å². The number of aromatic nitrogens is 4. The molecule has 2 atom stereocenters. The van der Waals surface area contributed by atoms with Crippen LogP contribution in [-0.2, 0) is 25.8 Å². The van der Waals surface area contributed by atoms with E-state index in [1.165, 1.54) is 13.0 Å². The summed E-state index contributed by atoms with van der Waals surface area (Å²) in [6.45, 7) is 2.99. The predicted octanol–water partition coefficient (Wildman–Crippen LogP) is 9.37. The normalized spacial score (nSPS) is 18.4. The summed E-state index contributed by atoms with van der Waals surface area (Å²) in [5.41, 5.74) is 4.69. The zero-order chi connectivity index (χ0) is 45.6. The summed E-state index contributed by atoms with van der Waals surface area (Å²) in [4.78, 5) is 23.8. The maximum Gasteiger partial charge on any atom is 0.418 e. The van der Waals surface area contributed by atoms with Crippen molar-refractivity contribution in [1.29, 1.82) is 0 Å². The molecule has 3 aliphatic rings. The first-order valence-electron chi connectivity index (χ1n) is 21.2. The van der Waals surface area contributed by atoms with Gasteiger partial charge in [0.1, 0.15) is 53.9 Å². The van der Waals surface area contributed by atoms with Crippen LogP contribution in [0.4, 0.5) is 39.4 Å². The molecule has 6 heterocycles. The molecule has 2 saturated heterocycles. The molecule has 65 heavy (non-hydrogen) atoms. The van der Waals surface area contributed by atoms with Crippen molar-refractivity contribution in [3.05, 3.63) is 112 Å². The number of nitrogens with two attached hydrogens (primary N) is 1. The van der Waals surface area contributed by atoms with Gasteiger partial charge >= 0.3 is 12.2 Å². The lowest BCUT2D eigenvalue weighted by Crippen LogP contribution is -2.43. The van der Waals surface area contributed by atoms with E-state index in [4.69, 9.17) is 41.3 Å². The van der Waals surface area contributed by atoms with Gasteiger partial charge < -0.3 is 34.5 Å². The Labute approximate surface area is 377 Å². The fourth-order valence-electron chi connectivity index (χ4n) is 9.30. The highest BCUT2D eigenvalue weighted by molar-refractivity contribution is 6.36. The van der Waals surface area contributed by atoms with Gasteiger partial charge in [-0.2, -0.15) is 23.1 Å². The number of rotatable bonds is 13. The Balaban J connectivity index is 1.22. The number of fused-ring (bicyclic) bond motifs is 1. The molecule has 340 valence electrons. The zero-order valence-electron chi connectivity index (χ0n) is 35.9. The number of ether oxygens (including phenoxy) is 4. The molecule has 2 N–H and O–H groups in total. The van der Waals surface area contributed by atoms with Crippen molar-refractivity contribution >= 4 is 40.0 Å². The van der Waals surface area contributed by atoms with E-state index in [9.17, 15) is 4.39 Å². The maximum atomic E-state index is 17.9. The third-order valence-corrected chi connectivity index (χ3v) is 12.8. The SMILES string of the molecule is COc1ccc(CN(Cc2ccc(OC)cc2)c2cc(C)c(C(F)(F)F)c(-c3c(Cl)c4c5c(nc(OC[C@@]67CCCN6C[C@H](F)C7)nc5c3F)N(Cc3cccnc3N)CCO4)n2)cc1. The van der Waals surface area contributed by atoms with Gasteiger partial charge in [0.25, 0.3) is 0 Å².